The van der Waals surface area contributed by atoms with Crippen LogP contribution in [0.1, 0.15) is 18.9 Å². The van der Waals surface area contributed by atoms with Crippen molar-refractivity contribution in [2.75, 3.05) is 5.32 Å². The third kappa shape index (κ3) is 2.62. The van der Waals surface area contributed by atoms with E-state index in [0.29, 0.717) is 17.7 Å². The summed E-state index contributed by atoms with van der Waals surface area (Å²) in [5.74, 6) is -0.189. The summed E-state index contributed by atoms with van der Waals surface area (Å²) in [7, 11) is 0. The van der Waals surface area contributed by atoms with Gasteiger partial charge in [0, 0.05) is 11.3 Å². The first kappa shape index (κ1) is 12.3. The molecule has 1 rings (SSSR count). The Labute approximate surface area is 94.0 Å². The van der Waals surface area contributed by atoms with E-state index in [0.717, 1.165) is 0 Å². The monoisotopic (exact) mass is 225 g/mol. The maximum absolute atomic E-state index is 13.3. The summed E-state index contributed by atoms with van der Waals surface area (Å²) in [5.41, 5.74) is 6.68. The number of oxime groups is 1. The predicted molar refractivity (Wildman–Crippen MR) is 62.2 cm³/mol. The van der Waals surface area contributed by atoms with Crippen molar-refractivity contribution in [2.45, 2.75) is 26.3 Å². The van der Waals surface area contributed by atoms with Gasteiger partial charge in [-0.05, 0) is 25.5 Å². The number of anilines is 1. The van der Waals surface area contributed by atoms with E-state index in [4.69, 9.17) is 10.9 Å². The summed E-state index contributed by atoms with van der Waals surface area (Å²) in [6, 6.07) is 4.46. The number of hydrogen-bond acceptors (Lipinski definition) is 3. The van der Waals surface area contributed by atoms with E-state index in [9.17, 15) is 4.39 Å². The molecule has 0 saturated carbocycles. The molecule has 0 heterocycles. The average Bonchev–Trinajstić information content (AvgIpc) is 2.30. The first-order valence-corrected chi connectivity index (χ1v) is 5.09. The molecule has 0 fully saturated rings. The van der Waals surface area contributed by atoms with Crippen LogP contribution in [0.3, 0.4) is 0 Å². The molecule has 1 atom stereocenters. The summed E-state index contributed by atoms with van der Waals surface area (Å²) in [4.78, 5) is 0. The smallest absolute Gasteiger partial charge is 0.161 e. The van der Waals surface area contributed by atoms with E-state index in [-0.39, 0.29) is 17.7 Å². The largest absolute Gasteiger partial charge is 0.409 e. The molecule has 0 aliphatic carbocycles. The van der Waals surface area contributed by atoms with E-state index in [1.807, 2.05) is 6.92 Å². The molecule has 0 saturated heterocycles. The summed E-state index contributed by atoms with van der Waals surface area (Å²) in [5, 5.41) is 14.6. The van der Waals surface area contributed by atoms with Crippen LogP contribution in [0.5, 0.6) is 0 Å². The van der Waals surface area contributed by atoms with Crippen LogP contribution in [-0.4, -0.2) is 17.1 Å². The summed E-state index contributed by atoms with van der Waals surface area (Å²) in [6.45, 7) is 3.57. The lowest BCUT2D eigenvalue weighted by Crippen LogP contribution is -2.35. The third-order valence-corrected chi connectivity index (χ3v) is 2.48. The molecule has 0 aliphatic rings. The number of nitrogens with two attached hydrogens (primary N) is 1. The second-order valence-electron chi connectivity index (χ2n) is 3.54. The number of rotatable bonds is 4. The van der Waals surface area contributed by atoms with E-state index in [1.54, 1.807) is 19.1 Å². The normalized spacial score (nSPS) is 13.6. The fraction of sp³-hybridized carbons (Fsp3) is 0.364. The number of amidine groups is 1. The number of nitrogens with one attached hydrogen (secondary N) is 1. The number of nitrogens with zero attached hydrogens (tertiary/aromatic N) is 1. The van der Waals surface area contributed by atoms with Gasteiger partial charge in [-0.25, -0.2) is 4.39 Å². The van der Waals surface area contributed by atoms with Gasteiger partial charge < -0.3 is 16.3 Å². The van der Waals surface area contributed by atoms with Crippen LogP contribution < -0.4 is 11.1 Å². The molecule has 4 N–H and O–H groups in total. The van der Waals surface area contributed by atoms with E-state index in [1.165, 1.54) is 6.07 Å². The molecule has 0 aromatic heterocycles. The van der Waals surface area contributed by atoms with Gasteiger partial charge in [-0.15, -0.1) is 0 Å². The van der Waals surface area contributed by atoms with Gasteiger partial charge >= 0.3 is 0 Å². The second-order valence-corrected chi connectivity index (χ2v) is 3.54. The van der Waals surface area contributed by atoms with E-state index in [2.05, 4.69) is 10.5 Å². The van der Waals surface area contributed by atoms with Gasteiger partial charge in [0.1, 0.15) is 5.82 Å². The zero-order valence-electron chi connectivity index (χ0n) is 9.37. The van der Waals surface area contributed by atoms with Gasteiger partial charge in [0.2, 0.25) is 0 Å². The van der Waals surface area contributed by atoms with E-state index < -0.39 is 0 Å². The highest BCUT2D eigenvalue weighted by molar-refractivity contribution is 5.87. The summed E-state index contributed by atoms with van der Waals surface area (Å²) in [6.07, 6.45) is 0.645. The Morgan fingerprint density at radius 3 is 2.88 bits per heavy atom. The molecule has 1 unspecified atom stereocenters. The molecule has 0 aliphatic heterocycles. The van der Waals surface area contributed by atoms with Gasteiger partial charge in [-0.2, -0.15) is 0 Å². The highest BCUT2D eigenvalue weighted by atomic mass is 19.1. The van der Waals surface area contributed by atoms with Crippen molar-refractivity contribution < 1.29 is 9.60 Å². The lowest BCUT2D eigenvalue weighted by atomic mass is 10.1. The number of benzene rings is 1. The highest BCUT2D eigenvalue weighted by Crippen LogP contribution is 2.18. The van der Waals surface area contributed by atoms with Gasteiger partial charge in [-0.1, -0.05) is 18.1 Å². The minimum Gasteiger partial charge on any atom is -0.409 e. The van der Waals surface area contributed by atoms with Crippen LogP contribution in [0.2, 0.25) is 0 Å². The molecule has 16 heavy (non-hydrogen) atoms. The third-order valence-electron chi connectivity index (χ3n) is 2.48. The van der Waals surface area contributed by atoms with Crippen molar-refractivity contribution in [2.24, 2.45) is 10.9 Å². The SMILES string of the molecule is CCC(Nc1cccc(F)c1C)C(N)=NO. The Morgan fingerprint density at radius 1 is 1.62 bits per heavy atom. The topological polar surface area (TPSA) is 70.6 Å². The molecule has 1 aromatic carbocycles. The Bertz CT molecular complexity index is 393. The van der Waals surface area contributed by atoms with Crippen LogP contribution >= 0.6 is 0 Å². The van der Waals surface area contributed by atoms with Gasteiger partial charge in [-0.3, -0.25) is 0 Å². The fourth-order valence-corrected chi connectivity index (χ4v) is 1.41. The Kier molecular flexibility index (Phi) is 4.10. The molecular weight excluding hydrogens is 209 g/mol. The quantitative estimate of drug-likeness (QED) is 0.318. The van der Waals surface area contributed by atoms with Crippen molar-refractivity contribution >= 4 is 11.5 Å². The lowest BCUT2D eigenvalue weighted by molar-refractivity contribution is 0.316. The second kappa shape index (κ2) is 5.34. The van der Waals surface area contributed by atoms with Crippen molar-refractivity contribution in [1.29, 1.82) is 0 Å². The molecular formula is C11H16FN3O. The van der Waals surface area contributed by atoms with E-state index >= 15 is 0 Å². The molecule has 1 aromatic rings. The van der Waals surface area contributed by atoms with Crippen LogP contribution in [0.25, 0.3) is 0 Å². The van der Waals surface area contributed by atoms with Crippen LogP contribution in [-0.2, 0) is 0 Å². The van der Waals surface area contributed by atoms with Crippen LogP contribution in [0.15, 0.2) is 23.4 Å². The zero-order chi connectivity index (χ0) is 12.1. The first-order valence-electron chi connectivity index (χ1n) is 5.09. The van der Waals surface area contributed by atoms with Crippen molar-refractivity contribution in [3.05, 3.63) is 29.6 Å². The molecule has 0 bridgehead atoms. The molecule has 0 radical (unpaired) electrons. The van der Waals surface area contributed by atoms with Gasteiger partial charge in [0.25, 0.3) is 0 Å². The van der Waals surface area contributed by atoms with Gasteiger partial charge in [0.05, 0.1) is 6.04 Å². The standard InChI is InChI=1S/C11H16FN3O/c1-3-9(11(13)15-16)14-10-6-4-5-8(12)7(10)2/h4-6,9,14,16H,3H2,1-2H3,(H2,13,15). The Morgan fingerprint density at radius 2 is 2.31 bits per heavy atom. The predicted octanol–water partition coefficient (Wildman–Crippen LogP) is 2.07. The van der Waals surface area contributed by atoms with Crippen LogP contribution in [0, 0.1) is 12.7 Å². The van der Waals surface area contributed by atoms with Crippen molar-refractivity contribution in [3.8, 4) is 0 Å². The maximum atomic E-state index is 13.3. The van der Waals surface area contributed by atoms with Crippen molar-refractivity contribution in [1.82, 2.24) is 0 Å². The molecule has 4 nitrogen and oxygen atoms in total. The maximum Gasteiger partial charge on any atom is 0.161 e. The van der Waals surface area contributed by atoms with Crippen molar-refractivity contribution in [3.63, 3.8) is 0 Å². The average molecular weight is 225 g/mol. The number of halogens is 1. The molecule has 88 valence electrons. The molecule has 5 heteroatoms. The first-order chi connectivity index (χ1) is 7.60. The summed E-state index contributed by atoms with van der Waals surface area (Å²) >= 11 is 0. The molecule has 0 spiro atoms. The minimum absolute atomic E-state index is 0.0890. The Balaban J connectivity index is 2.90. The zero-order valence-corrected chi connectivity index (χ0v) is 9.37. The fourth-order valence-electron chi connectivity index (χ4n) is 1.41. The minimum atomic E-state index is -0.300. The van der Waals surface area contributed by atoms with Gasteiger partial charge in [0.15, 0.2) is 5.84 Å². The Hall–Kier alpha value is -1.78. The number of hydrogen-bond donors (Lipinski definition) is 3. The lowest BCUT2D eigenvalue weighted by Gasteiger charge is -2.18. The van der Waals surface area contributed by atoms with Crippen LogP contribution in [0.4, 0.5) is 10.1 Å². The molecule has 0 amide bonds. The highest BCUT2D eigenvalue weighted by Gasteiger charge is 2.13. The summed E-state index contributed by atoms with van der Waals surface area (Å²) < 4.78 is 13.3.